The van der Waals surface area contributed by atoms with Crippen LogP contribution in [0.25, 0.3) is 21.8 Å². The van der Waals surface area contributed by atoms with Gasteiger partial charge in [-0.1, -0.05) is 23.7 Å². The van der Waals surface area contributed by atoms with Crippen LogP contribution in [0, 0.1) is 5.82 Å². The second-order valence-corrected chi connectivity index (χ2v) is 6.50. The number of halogens is 2. The maximum absolute atomic E-state index is 14.0. The van der Waals surface area contributed by atoms with Crippen molar-refractivity contribution >= 4 is 34.5 Å². The van der Waals surface area contributed by atoms with Crippen LogP contribution >= 0.6 is 22.9 Å². The zero-order valence-electron chi connectivity index (χ0n) is 11.8. The summed E-state index contributed by atoms with van der Waals surface area (Å²) < 4.78 is 14.0. The fourth-order valence-electron chi connectivity index (χ4n) is 2.61. The maximum atomic E-state index is 14.0. The Balaban J connectivity index is 1.74. The Hall–Kier alpha value is -2.24. The lowest BCUT2D eigenvalue weighted by Crippen LogP contribution is -2.03. The van der Waals surface area contributed by atoms with Crippen molar-refractivity contribution in [2.45, 2.75) is 6.42 Å². The highest BCUT2D eigenvalue weighted by Gasteiger charge is 2.19. The second kappa shape index (κ2) is 5.44. The van der Waals surface area contributed by atoms with Gasteiger partial charge in [0, 0.05) is 16.6 Å². The van der Waals surface area contributed by atoms with E-state index in [2.05, 4.69) is 10.3 Å². The van der Waals surface area contributed by atoms with Gasteiger partial charge in [-0.05, 0) is 29.8 Å². The fraction of sp³-hybridized carbons (Fsp3) is 0.0588. The summed E-state index contributed by atoms with van der Waals surface area (Å²) in [5.74, 6) is -0.392. The van der Waals surface area contributed by atoms with Crippen molar-refractivity contribution in [3.63, 3.8) is 0 Å². The molecule has 6 heteroatoms. The molecule has 0 saturated carbocycles. The first kappa shape index (κ1) is 14.4. The Kier molecular flexibility index (Phi) is 3.39. The van der Waals surface area contributed by atoms with E-state index in [1.54, 1.807) is 12.1 Å². The summed E-state index contributed by atoms with van der Waals surface area (Å²) >= 11 is 7.43. The van der Waals surface area contributed by atoms with Crippen LogP contribution in [0.1, 0.15) is 5.56 Å². The van der Waals surface area contributed by atoms with Crippen LogP contribution < -0.4 is 5.32 Å². The quantitative estimate of drug-likeness (QED) is 0.728. The SMILES string of the molecule is O=C1Cc2cc(-c3csc(-c4c(F)cccc4Cl)n3)ccc2N1. The largest absolute Gasteiger partial charge is 0.326 e. The van der Waals surface area contributed by atoms with Gasteiger partial charge >= 0.3 is 0 Å². The van der Waals surface area contributed by atoms with Gasteiger partial charge in [-0.3, -0.25) is 4.79 Å². The number of carbonyl (C=O) groups is 1. The minimum absolute atomic E-state index is 0.00532. The van der Waals surface area contributed by atoms with Gasteiger partial charge in [-0.25, -0.2) is 9.37 Å². The van der Waals surface area contributed by atoms with Gasteiger partial charge in [0.25, 0.3) is 0 Å². The molecule has 0 aliphatic carbocycles. The van der Waals surface area contributed by atoms with Crippen LogP contribution in [0.2, 0.25) is 5.02 Å². The molecule has 2 heterocycles. The van der Waals surface area contributed by atoms with Gasteiger partial charge in [0.15, 0.2) is 0 Å². The number of thiazole rings is 1. The van der Waals surface area contributed by atoms with E-state index in [0.717, 1.165) is 22.5 Å². The summed E-state index contributed by atoms with van der Waals surface area (Å²) in [7, 11) is 0. The third-order valence-corrected chi connectivity index (χ3v) is 4.88. The van der Waals surface area contributed by atoms with Crippen LogP contribution in [0.15, 0.2) is 41.8 Å². The summed E-state index contributed by atoms with van der Waals surface area (Å²) in [4.78, 5) is 15.9. The van der Waals surface area contributed by atoms with Gasteiger partial charge in [-0.15, -0.1) is 11.3 Å². The molecule has 0 bridgehead atoms. The highest BCUT2D eigenvalue weighted by Crippen LogP contribution is 2.36. The molecule has 0 spiro atoms. The molecular weight excluding hydrogens is 335 g/mol. The molecule has 3 aromatic rings. The molecule has 0 atom stereocenters. The molecule has 0 fully saturated rings. The Morgan fingerprint density at radius 3 is 2.96 bits per heavy atom. The standard InChI is InChI=1S/C17H10ClFN2OS/c18-11-2-1-3-12(19)16(11)17-21-14(8-23-17)9-4-5-13-10(6-9)7-15(22)20-13/h1-6,8H,7H2,(H,20,22). The number of carbonyl (C=O) groups excluding carboxylic acids is 1. The normalized spacial score (nSPS) is 13.0. The molecule has 1 aliphatic rings. The van der Waals surface area contributed by atoms with Crippen molar-refractivity contribution in [2.24, 2.45) is 0 Å². The molecule has 1 aromatic heterocycles. The number of nitrogens with zero attached hydrogens (tertiary/aromatic N) is 1. The van der Waals surface area contributed by atoms with Crippen molar-refractivity contribution in [3.8, 4) is 21.8 Å². The minimum Gasteiger partial charge on any atom is -0.326 e. The Labute approximate surface area is 140 Å². The van der Waals surface area contributed by atoms with Gasteiger partial charge in [0.05, 0.1) is 22.7 Å². The summed E-state index contributed by atoms with van der Waals surface area (Å²) in [6.07, 6.45) is 0.374. The molecule has 3 nitrogen and oxygen atoms in total. The second-order valence-electron chi connectivity index (χ2n) is 5.23. The zero-order valence-corrected chi connectivity index (χ0v) is 13.3. The van der Waals surface area contributed by atoms with E-state index in [1.165, 1.54) is 17.4 Å². The number of aromatic nitrogens is 1. The van der Waals surface area contributed by atoms with Crippen molar-refractivity contribution in [1.29, 1.82) is 0 Å². The Morgan fingerprint density at radius 2 is 2.13 bits per heavy atom. The maximum Gasteiger partial charge on any atom is 0.228 e. The zero-order chi connectivity index (χ0) is 16.0. The Bertz CT molecular complexity index is 918. The van der Waals surface area contributed by atoms with E-state index in [9.17, 15) is 9.18 Å². The van der Waals surface area contributed by atoms with Gasteiger partial charge in [0.1, 0.15) is 10.8 Å². The number of fused-ring (bicyclic) bond motifs is 1. The summed E-state index contributed by atoms with van der Waals surface area (Å²) in [6.45, 7) is 0. The number of hydrogen-bond acceptors (Lipinski definition) is 3. The summed E-state index contributed by atoms with van der Waals surface area (Å²) in [5, 5.41) is 5.55. The van der Waals surface area contributed by atoms with Crippen LogP contribution in [0.5, 0.6) is 0 Å². The van der Waals surface area contributed by atoms with E-state index in [4.69, 9.17) is 11.6 Å². The lowest BCUT2D eigenvalue weighted by molar-refractivity contribution is -0.115. The topological polar surface area (TPSA) is 42.0 Å². The number of nitrogens with one attached hydrogen (secondary N) is 1. The van der Waals surface area contributed by atoms with Crippen LogP contribution in [0.3, 0.4) is 0 Å². The average molecular weight is 345 g/mol. The fourth-order valence-corrected chi connectivity index (χ4v) is 3.81. The lowest BCUT2D eigenvalue weighted by atomic mass is 10.1. The van der Waals surface area contributed by atoms with E-state index < -0.39 is 0 Å². The molecule has 2 aromatic carbocycles. The molecule has 1 amide bonds. The predicted octanol–water partition coefficient (Wildman–Crippen LogP) is 4.76. The first-order chi connectivity index (χ1) is 11.1. The highest BCUT2D eigenvalue weighted by molar-refractivity contribution is 7.13. The van der Waals surface area contributed by atoms with E-state index in [1.807, 2.05) is 23.6 Å². The van der Waals surface area contributed by atoms with E-state index in [-0.39, 0.29) is 11.7 Å². The summed E-state index contributed by atoms with van der Waals surface area (Å²) in [5.41, 5.74) is 3.75. The molecule has 0 unspecified atom stereocenters. The minimum atomic E-state index is -0.387. The number of hydrogen-bond donors (Lipinski definition) is 1. The average Bonchev–Trinajstić information content (AvgIpc) is 3.12. The number of anilines is 1. The monoisotopic (exact) mass is 344 g/mol. The molecule has 0 radical (unpaired) electrons. The third kappa shape index (κ3) is 2.52. The van der Waals surface area contributed by atoms with Crippen molar-refractivity contribution in [3.05, 3.63) is 58.2 Å². The predicted molar refractivity (Wildman–Crippen MR) is 90.3 cm³/mol. The van der Waals surface area contributed by atoms with Crippen molar-refractivity contribution < 1.29 is 9.18 Å². The van der Waals surface area contributed by atoms with Crippen molar-refractivity contribution in [1.82, 2.24) is 4.98 Å². The third-order valence-electron chi connectivity index (χ3n) is 3.71. The molecule has 114 valence electrons. The first-order valence-corrected chi connectivity index (χ1v) is 8.20. The molecule has 4 rings (SSSR count). The van der Waals surface area contributed by atoms with Gasteiger partial charge in [-0.2, -0.15) is 0 Å². The smallest absolute Gasteiger partial charge is 0.228 e. The van der Waals surface area contributed by atoms with Crippen LogP contribution in [-0.4, -0.2) is 10.9 Å². The molecule has 0 saturated heterocycles. The number of amides is 1. The highest BCUT2D eigenvalue weighted by atomic mass is 35.5. The molecule has 1 N–H and O–H groups in total. The van der Waals surface area contributed by atoms with Gasteiger partial charge in [0.2, 0.25) is 5.91 Å². The first-order valence-electron chi connectivity index (χ1n) is 6.95. The lowest BCUT2D eigenvalue weighted by Gasteiger charge is -2.03. The van der Waals surface area contributed by atoms with Crippen molar-refractivity contribution in [2.75, 3.05) is 5.32 Å². The molecule has 1 aliphatic heterocycles. The summed E-state index contributed by atoms with van der Waals surface area (Å²) in [6, 6.07) is 10.3. The number of rotatable bonds is 2. The molecular formula is C17H10ClFN2OS. The Morgan fingerprint density at radius 1 is 1.26 bits per heavy atom. The molecule has 23 heavy (non-hydrogen) atoms. The van der Waals surface area contributed by atoms with Crippen LogP contribution in [-0.2, 0) is 11.2 Å². The van der Waals surface area contributed by atoms with E-state index >= 15 is 0 Å². The van der Waals surface area contributed by atoms with Gasteiger partial charge < -0.3 is 5.32 Å². The van der Waals surface area contributed by atoms with E-state index in [0.29, 0.717) is 22.0 Å². The number of benzene rings is 2. The van der Waals surface area contributed by atoms with Crippen LogP contribution in [0.4, 0.5) is 10.1 Å².